The molecule has 2 heteroatoms. The summed E-state index contributed by atoms with van der Waals surface area (Å²) in [5, 5.41) is 3.34. The second-order valence-electron chi connectivity index (χ2n) is 4.22. The van der Waals surface area contributed by atoms with E-state index in [-0.39, 0.29) is 0 Å². The first-order valence-electron chi connectivity index (χ1n) is 5.56. The minimum Gasteiger partial charge on any atom is -0.317 e. The van der Waals surface area contributed by atoms with Crippen molar-refractivity contribution in [2.24, 2.45) is 5.92 Å². The first-order chi connectivity index (χ1) is 6.16. The van der Waals surface area contributed by atoms with Crippen LogP contribution in [0.3, 0.4) is 0 Å². The zero-order valence-corrected chi connectivity index (χ0v) is 9.77. The fourth-order valence-electron chi connectivity index (χ4n) is 1.52. The highest BCUT2D eigenvalue weighted by atomic mass is 15.1. The molecule has 0 aromatic carbocycles. The maximum absolute atomic E-state index is 3.34. The molecule has 0 heterocycles. The first-order valence-corrected chi connectivity index (χ1v) is 5.56. The Morgan fingerprint density at radius 2 is 1.92 bits per heavy atom. The van der Waals surface area contributed by atoms with Crippen molar-refractivity contribution in [3.63, 3.8) is 0 Å². The number of unbranched alkanes of at least 4 members (excludes halogenated alkanes) is 1. The Labute approximate surface area is 83.7 Å². The molecule has 0 bridgehead atoms. The van der Waals surface area contributed by atoms with E-state index in [0.717, 1.165) is 12.5 Å². The van der Waals surface area contributed by atoms with E-state index < -0.39 is 0 Å². The molecular weight excluding hydrogens is 160 g/mol. The van der Waals surface area contributed by atoms with Crippen LogP contribution < -0.4 is 5.32 Å². The van der Waals surface area contributed by atoms with Crippen LogP contribution in [0.25, 0.3) is 0 Å². The Bertz CT molecular complexity index is 102. The summed E-state index contributed by atoms with van der Waals surface area (Å²) in [7, 11) is 2.22. The maximum Gasteiger partial charge on any atom is 0.000133 e. The third-order valence-corrected chi connectivity index (χ3v) is 2.07. The topological polar surface area (TPSA) is 15.3 Å². The van der Waals surface area contributed by atoms with Gasteiger partial charge in [-0.2, -0.15) is 0 Å². The molecule has 0 saturated carbocycles. The van der Waals surface area contributed by atoms with Crippen LogP contribution in [0.1, 0.15) is 33.6 Å². The normalized spacial score (nSPS) is 11.5. The average molecular weight is 186 g/mol. The quantitative estimate of drug-likeness (QED) is 0.583. The minimum atomic E-state index is 0.791. The lowest BCUT2D eigenvalue weighted by molar-refractivity contribution is 0.289. The lowest BCUT2D eigenvalue weighted by Gasteiger charge is -2.18. The number of hydrogen-bond acceptors (Lipinski definition) is 2. The molecule has 0 amide bonds. The van der Waals surface area contributed by atoms with E-state index in [2.05, 4.69) is 38.0 Å². The van der Waals surface area contributed by atoms with Crippen LogP contribution in [0.5, 0.6) is 0 Å². The summed E-state index contributed by atoms with van der Waals surface area (Å²) < 4.78 is 0. The van der Waals surface area contributed by atoms with Crippen LogP contribution >= 0.6 is 0 Å². The molecule has 2 nitrogen and oxygen atoms in total. The fourth-order valence-corrected chi connectivity index (χ4v) is 1.52. The van der Waals surface area contributed by atoms with Crippen LogP contribution in [-0.2, 0) is 0 Å². The lowest BCUT2D eigenvalue weighted by atomic mass is 10.2. The van der Waals surface area contributed by atoms with Gasteiger partial charge in [0.15, 0.2) is 0 Å². The molecule has 0 spiro atoms. The first kappa shape index (κ1) is 12.9. The summed E-state index contributed by atoms with van der Waals surface area (Å²) in [4.78, 5) is 2.43. The van der Waals surface area contributed by atoms with Crippen molar-refractivity contribution in [3.8, 4) is 0 Å². The van der Waals surface area contributed by atoms with Gasteiger partial charge in [0.1, 0.15) is 0 Å². The predicted octanol–water partition coefficient (Wildman–Crippen LogP) is 1.96. The second kappa shape index (κ2) is 8.52. The zero-order valence-electron chi connectivity index (χ0n) is 9.77. The van der Waals surface area contributed by atoms with Crippen molar-refractivity contribution >= 4 is 0 Å². The van der Waals surface area contributed by atoms with Gasteiger partial charge in [0, 0.05) is 6.54 Å². The predicted molar refractivity (Wildman–Crippen MR) is 60.1 cm³/mol. The molecule has 0 fully saturated rings. The zero-order chi connectivity index (χ0) is 10.1. The summed E-state index contributed by atoms with van der Waals surface area (Å²) in [5.74, 6) is 0.791. The van der Waals surface area contributed by atoms with Gasteiger partial charge in [-0.05, 0) is 45.4 Å². The van der Waals surface area contributed by atoms with Crippen molar-refractivity contribution in [3.05, 3.63) is 0 Å². The van der Waals surface area contributed by atoms with Gasteiger partial charge in [0.2, 0.25) is 0 Å². The highest BCUT2D eigenvalue weighted by Gasteiger charge is 2.00. The minimum absolute atomic E-state index is 0.791. The molecule has 0 aromatic rings. The van der Waals surface area contributed by atoms with Crippen molar-refractivity contribution in [1.82, 2.24) is 10.2 Å². The Morgan fingerprint density at radius 1 is 1.23 bits per heavy atom. The summed E-state index contributed by atoms with van der Waals surface area (Å²) in [6, 6.07) is 0. The number of hydrogen-bond donors (Lipinski definition) is 1. The Balaban J connectivity index is 3.12. The van der Waals surface area contributed by atoms with Crippen molar-refractivity contribution in [2.45, 2.75) is 33.6 Å². The molecule has 0 aromatic heterocycles. The van der Waals surface area contributed by atoms with E-state index in [1.807, 2.05) is 0 Å². The molecule has 13 heavy (non-hydrogen) atoms. The monoisotopic (exact) mass is 186 g/mol. The van der Waals surface area contributed by atoms with Gasteiger partial charge in [-0.15, -0.1) is 0 Å². The molecule has 0 saturated heterocycles. The highest BCUT2D eigenvalue weighted by molar-refractivity contribution is 4.55. The van der Waals surface area contributed by atoms with Gasteiger partial charge < -0.3 is 10.2 Å². The lowest BCUT2D eigenvalue weighted by Crippen LogP contribution is -2.25. The smallest absolute Gasteiger partial charge is 0.000133 e. The fraction of sp³-hybridized carbons (Fsp3) is 1.00. The van der Waals surface area contributed by atoms with Crippen molar-refractivity contribution < 1.29 is 0 Å². The van der Waals surface area contributed by atoms with E-state index in [0.29, 0.717) is 0 Å². The Hall–Kier alpha value is -0.0800. The third kappa shape index (κ3) is 9.84. The average Bonchev–Trinajstić information content (AvgIpc) is 2.02. The largest absolute Gasteiger partial charge is 0.317 e. The van der Waals surface area contributed by atoms with Crippen molar-refractivity contribution in [1.29, 1.82) is 0 Å². The third-order valence-electron chi connectivity index (χ3n) is 2.07. The van der Waals surface area contributed by atoms with Crippen LogP contribution in [-0.4, -0.2) is 38.1 Å². The molecule has 0 aliphatic carbocycles. The van der Waals surface area contributed by atoms with E-state index in [1.54, 1.807) is 0 Å². The standard InChI is InChI=1S/C11H26N2/c1-5-12-8-6-7-9-13(4)10-11(2)3/h11-12H,5-10H2,1-4H3. The molecule has 0 rings (SSSR count). The second-order valence-corrected chi connectivity index (χ2v) is 4.22. The molecule has 1 N–H and O–H groups in total. The maximum atomic E-state index is 3.34. The van der Waals surface area contributed by atoms with E-state index in [1.165, 1.54) is 32.5 Å². The molecule has 0 aliphatic heterocycles. The molecule has 0 unspecified atom stereocenters. The SMILES string of the molecule is CCNCCCCN(C)CC(C)C. The van der Waals surface area contributed by atoms with E-state index in [9.17, 15) is 0 Å². The summed E-state index contributed by atoms with van der Waals surface area (Å²) in [6.07, 6.45) is 2.62. The molecule has 0 atom stereocenters. The van der Waals surface area contributed by atoms with Crippen LogP contribution in [0.2, 0.25) is 0 Å². The Kier molecular flexibility index (Phi) is 8.46. The van der Waals surface area contributed by atoms with Gasteiger partial charge in [-0.1, -0.05) is 20.8 Å². The molecular formula is C11H26N2. The van der Waals surface area contributed by atoms with E-state index in [4.69, 9.17) is 0 Å². The molecule has 0 radical (unpaired) electrons. The Morgan fingerprint density at radius 3 is 2.46 bits per heavy atom. The van der Waals surface area contributed by atoms with E-state index >= 15 is 0 Å². The van der Waals surface area contributed by atoms with Gasteiger partial charge >= 0.3 is 0 Å². The van der Waals surface area contributed by atoms with Crippen LogP contribution in [0.4, 0.5) is 0 Å². The van der Waals surface area contributed by atoms with Gasteiger partial charge in [-0.25, -0.2) is 0 Å². The van der Waals surface area contributed by atoms with Gasteiger partial charge in [0.25, 0.3) is 0 Å². The molecule has 80 valence electrons. The number of rotatable bonds is 8. The summed E-state index contributed by atoms with van der Waals surface area (Å²) >= 11 is 0. The number of nitrogens with zero attached hydrogens (tertiary/aromatic N) is 1. The summed E-state index contributed by atoms with van der Waals surface area (Å²) in [5.41, 5.74) is 0. The summed E-state index contributed by atoms with van der Waals surface area (Å²) in [6.45, 7) is 11.4. The molecule has 0 aliphatic rings. The highest BCUT2D eigenvalue weighted by Crippen LogP contribution is 1.97. The number of nitrogens with one attached hydrogen (secondary N) is 1. The van der Waals surface area contributed by atoms with Crippen molar-refractivity contribution in [2.75, 3.05) is 33.2 Å². The van der Waals surface area contributed by atoms with Crippen LogP contribution in [0, 0.1) is 5.92 Å². The van der Waals surface area contributed by atoms with Gasteiger partial charge in [-0.3, -0.25) is 0 Å². The van der Waals surface area contributed by atoms with Crippen LogP contribution in [0.15, 0.2) is 0 Å². The van der Waals surface area contributed by atoms with Gasteiger partial charge in [0.05, 0.1) is 0 Å².